The number of methoxy groups -OCH3 is 1. The molecule has 0 saturated carbocycles. The Morgan fingerprint density at radius 1 is 1.00 bits per heavy atom. The molecule has 0 amide bonds. The first-order valence-corrected chi connectivity index (χ1v) is 11.1. The molecule has 0 aromatic heterocycles. The maximum atomic E-state index is 14.1. The minimum Gasteiger partial charge on any atom is -0.460 e. The van der Waals surface area contributed by atoms with Crippen molar-refractivity contribution >= 4 is 5.97 Å². The third kappa shape index (κ3) is 8.45. The van der Waals surface area contributed by atoms with Gasteiger partial charge in [-0.05, 0) is 39.5 Å². The van der Waals surface area contributed by atoms with Crippen LogP contribution in [0, 0.1) is 0 Å². The van der Waals surface area contributed by atoms with Crippen molar-refractivity contribution in [3.05, 3.63) is 35.9 Å². The fraction of sp³-hybridized carbons (Fsp3) is 0.708. The van der Waals surface area contributed by atoms with Crippen LogP contribution >= 0.6 is 0 Å². The number of carbonyl (C=O) groups excluding carboxylic acids is 1. The zero-order valence-electron chi connectivity index (χ0n) is 19.1. The van der Waals surface area contributed by atoms with Crippen LogP contribution in [0.15, 0.2) is 30.3 Å². The molecule has 0 heterocycles. The highest BCUT2D eigenvalue weighted by atomic mass is 19.4. The zero-order valence-corrected chi connectivity index (χ0v) is 19.1. The third-order valence-corrected chi connectivity index (χ3v) is 5.40. The summed E-state index contributed by atoms with van der Waals surface area (Å²) in [7, 11) is 0.862. The summed E-state index contributed by atoms with van der Waals surface area (Å²) in [6, 6.07) is 6.82. The van der Waals surface area contributed by atoms with Crippen molar-refractivity contribution in [2.24, 2.45) is 0 Å². The maximum Gasteiger partial charge on any atom is 0.432 e. The molecule has 1 rings (SSSR count). The first kappa shape index (κ1) is 27.4. The molecule has 0 aliphatic carbocycles. The number of alkyl halides is 3. The number of unbranched alkanes of at least 4 members (excludes halogenated alkanes) is 5. The SMILES string of the molecule is CCCCCCCC[C@H](CCC(C)(C)O)OC(=O)C(OC)(c1ccccc1)C(F)(F)F. The molecule has 0 fully saturated rings. The van der Waals surface area contributed by atoms with E-state index in [2.05, 4.69) is 6.92 Å². The van der Waals surface area contributed by atoms with E-state index in [-0.39, 0.29) is 12.0 Å². The van der Waals surface area contributed by atoms with Crippen LogP contribution in [0.25, 0.3) is 0 Å². The summed E-state index contributed by atoms with van der Waals surface area (Å²) in [5.41, 5.74) is -4.52. The highest BCUT2D eigenvalue weighted by Crippen LogP contribution is 2.43. The van der Waals surface area contributed by atoms with Crippen LogP contribution in [-0.4, -0.2) is 36.1 Å². The molecule has 7 heteroatoms. The zero-order chi connectivity index (χ0) is 23.5. The second-order valence-electron chi connectivity index (χ2n) is 8.68. The summed E-state index contributed by atoms with van der Waals surface area (Å²) in [6.07, 6.45) is 1.38. The van der Waals surface area contributed by atoms with Gasteiger partial charge in [0.2, 0.25) is 0 Å². The number of rotatable bonds is 14. The molecule has 1 aromatic carbocycles. The predicted octanol–water partition coefficient (Wildman–Crippen LogP) is 6.30. The van der Waals surface area contributed by atoms with E-state index >= 15 is 0 Å². The number of esters is 1. The summed E-state index contributed by atoms with van der Waals surface area (Å²) >= 11 is 0. The summed E-state index contributed by atoms with van der Waals surface area (Å²) < 4.78 is 52.5. The van der Waals surface area contributed by atoms with E-state index in [1.165, 1.54) is 24.3 Å². The van der Waals surface area contributed by atoms with E-state index in [1.807, 2.05) is 0 Å². The number of ether oxygens (including phenoxy) is 2. The first-order chi connectivity index (χ1) is 14.5. The molecule has 1 aromatic rings. The van der Waals surface area contributed by atoms with Crippen molar-refractivity contribution in [1.29, 1.82) is 0 Å². The van der Waals surface area contributed by atoms with Crippen molar-refractivity contribution in [3.8, 4) is 0 Å². The second kappa shape index (κ2) is 12.4. The van der Waals surface area contributed by atoms with Crippen LogP contribution in [-0.2, 0) is 19.9 Å². The highest BCUT2D eigenvalue weighted by molar-refractivity contribution is 5.82. The lowest BCUT2D eigenvalue weighted by Gasteiger charge is -2.34. The van der Waals surface area contributed by atoms with Crippen LogP contribution in [0.5, 0.6) is 0 Å². The van der Waals surface area contributed by atoms with E-state index in [1.54, 1.807) is 19.9 Å². The fourth-order valence-corrected chi connectivity index (χ4v) is 3.55. The lowest BCUT2D eigenvalue weighted by Crippen LogP contribution is -2.52. The molecule has 1 unspecified atom stereocenters. The molecule has 31 heavy (non-hydrogen) atoms. The quantitative estimate of drug-likeness (QED) is 0.269. The molecule has 4 nitrogen and oxygen atoms in total. The molecule has 0 saturated heterocycles. The summed E-state index contributed by atoms with van der Waals surface area (Å²) in [5, 5.41) is 10.0. The summed E-state index contributed by atoms with van der Waals surface area (Å²) in [6.45, 7) is 5.37. The molecule has 2 atom stereocenters. The van der Waals surface area contributed by atoms with Crippen molar-refractivity contribution in [2.45, 2.75) is 102 Å². The predicted molar refractivity (Wildman–Crippen MR) is 115 cm³/mol. The normalized spacial score (nSPS) is 15.4. The van der Waals surface area contributed by atoms with Crippen molar-refractivity contribution in [2.75, 3.05) is 7.11 Å². The van der Waals surface area contributed by atoms with E-state index in [4.69, 9.17) is 9.47 Å². The van der Waals surface area contributed by atoms with Gasteiger partial charge in [0.05, 0.1) is 5.60 Å². The van der Waals surface area contributed by atoms with Gasteiger partial charge in [-0.25, -0.2) is 4.79 Å². The maximum absolute atomic E-state index is 14.1. The summed E-state index contributed by atoms with van der Waals surface area (Å²) in [5.74, 6) is -1.47. The smallest absolute Gasteiger partial charge is 0.432 e. The Balaban J connectivity index is 3.00. The fourth-order valence-electron chi connectivity index (χ4n) is 3.55. The number of halogens is 3. The van der Waals surface area contributed by atoms with Crippen LogP contribution in [0.1, 0.15) is 84.1 Å². The van der Waals surface area contributed by atoms with Crippen LogP contribution < -0.4 is 0 Å². The Hall–Kier alpha value is -1.60. The van der Waals surface area contributed by atoms with E-state index in [0.717, 1.165) is 45.6 Å². The Morgan fingerprint density at radius 3 is 2.10 bits per heavy atom. The second-order valence-corrected chi connectivity index (χ2v) is 8.68. The number of hydrogen-bond acceptors (Lipinski definition) is 4. The monoisotopic (exact) mass is 446 g/mol. The lowest BCUT2D eigenvalue weighted by atomic mass is 9.92. The summed E-state index contributed by atoms with van der Waals surface area (Å²) in [4.78, 5) is 12.9. The van der Waals surface area contributed by atoms with E-state index in [9.17, 15) is 23.1 Å². The minimum absolute atomic E-state index is 0.274. The molecule has 0 bridgehead atoms. The van der Waals surface area contributed by atoms with Gasteiger partial charge >= 0.3 is 12.1 Å². The lowest BCUT2D eigenvalue weighted by molar-refractivity contribution is -0.278. The molecular formula is C24H37F3O4. The Bertz CT molecular complexity index is 640. The van der Waals surface area contributed by atoms with Crippen LogP contribution in [0.4, 0.5) is 13.2 Å². The van der Waals surface area contributed by atoms with E-state index < -0.39 is 29.5 Å². The van der Waals surface area contributed by atoms with Gasteiger partial charge in [-0.3, -0.25) is 0 Å². The molecule has 0 radical (unpaired) electrons. The average molecular weight is 447 g/mol. The standard InChI is InChI=1S/C24H37F3O4/c1-5-6-7-8-9-13-16-20(17-18-22(2,3)29)31-21(28)23(30-4,24(25,26)27)19-14-11-10-12-15-19/h10-12,14-15,20,29H,5-9,13,16-18H2,1-4H3/t20-,23?/m1/s1. The first-order valence-electron chi connectivity index (χ1n) is 11.1. The van der Waals surface area contributed by atoms with Crippen molar-refractivity contribution in [1.82, 2.24) is 0 Å². The van der Waals surface area contributed by atoms with Gasteiger partial charge in [0.25, 0.3) is 5.60 Å². The Kier molecular flexibility index (Phi) is 11.0. The molecular weight excluding hydrogens is 409 g/mol. The minimum atomic E-state index is -5.00. The molecule has 0 aliphatic rings. The van der Waals surface area contributed by atoms with E-state index in [0.29, 0.717) is 12.8 Å². The van der Waals surface area contributed by atoms with Crippen molar-refractivity contribution < 1.29 is 32.5 Å². The largest absolute Gasteiger partial charge is 0.460 e. The van der Waals surface area contributed by atoms with Crippen molar-refractivity contribution in [3.63, 3.8) is 0 Å². The number of benzene rings is 1. The molecule has 0 spiro atoms. The highest BCUT2D eigenvalue weighted by Gasteiger charge is 2.64. The third-order valence-electron chi connectivity index (χ3n) is 5.40. The molecule has 178 valence electrons. The van der Waals surface area contributed by atoms with Gasteiger partial charge in [0.1, 0.15) is 6.10 Å². The Morgan fingerprint density at radius 2 is 1.58 bits per heavy atom. The molecule has 0 aliphatic heterocycles. The Labute approximate surface area is 184 Å². The van der Waals surface area contributed by atoms with Gasteiger partial charge in [0.15, 0.2) is 0 Å². The van der Waals surface area contributed by atoms with Crippen LogP contribution in [0.3, 0.4) is 0 Å². The van der Waals surface area contributed by atoms with Gasteiger partial charge in [0, 0.05) is 12.7 Å². The van der Waals surface area contributed by atoms with Gasteiger partial charge in [-0.1, -0.05) is 69.4 Å². The number of aliphatic hydroxyl groups is 1. The number of hydrogen-bond donors (Lipinski definition) is 1. The van der Waals surface area contributed by atoms with Gasteiger partial charge in [-0.2, -0.15) is 13.2 Å². The van der Waals surface area contributed by atoms with Gasteiger partial charge in [-0.15, -0.1) is 0 Å². The van der Waals surface area contributed by atoms with Crippen LogP contribution in [0.2, 0.25) is 0 Å². The average Bonchev–Trinajstić information content (AvgIpc) is 2.68. The molecule has 1 N–H and O–H groups in total. The van der Waals surface area contributed by atoms with Gasteiger partial charge < -0.3 is 14.6 Å². The number of carbonyl (C=O) groups is 1. The topological polar surface area (TPSA) is 55.8 Å².